The second-order valence-electron chi connectivity index (χ2n) is 6.27. The summed E-state index contributed by atoms with van der Waals surface area (Å²) in [6.07, 6.45) is 0. The van der Waals surface area contributed by atoms with E-state index in [1.165, 1.54) is 0 Å². The number of hydrogen-bond acceptors (Lipinski definition) is 3. The van der Waals surface area contributed by atoms with Crippen molar-refractivity contribution >= 4 is 34.2 Å². The van der Waals surface area contributed by atoms with E-state index in [-0.39, 0.29) is 17.6 Å². The van der Waals surface area contributed by atoms with E-state index < -0.39 is 5.91 Å². The average Bonchev–Trinajstić information content (AvgIpc) is 2.93. The number of furan rings is 1. The maximum atomic E-state index is 12.7. The van der Waals surface area contributed by atoms with Crippen LogP contribution in [-0.2, 0) is 4.79 Å². The van der Waals surface area contributed by atoms with Gasteiger partial charge in [-0.15, -0.1) is 0 Å². The molecule has 1 heterocycles. The molecular formula is C20H20N2O3. The molecule has 2 N–H and O–H groups in total. The predicted molar refractivity (Wildman–Crippen MR) is 98.8 cm³/mol. The molecular weight excluding hydrogens is 316 g/mol. The number of nitrogens with one attached hydrogen (secondary N) is 2. The summed E-state index contributed by atoms with van der Waals surface area (Å²) in [5.41, 5.74) is 2.66. The highest BCUT2D eigenvalue weighted by Gasteiger charge is 2.23. The van der Waals surface area contributed by atoms with Crippen LogP contribution in [0.15, 0.2) is 52.9 Å². The van der Waals surface area contributed by atoms with Gasteiger partial charge in [0.1, 0.15) is 11.3 Å². The molecule has 0 saturated carbocycles. The van der Waals surface area contributed by atoms with Crippen molar-refractivity contribution in [1.29, 1.82) is 0 Å². The number of carbonyl (C=O) groups is 2. The molecule has 0 saturated heterocycles. The van der Waals surface area contributed by atoms with Crippen LogP contribution >= 0.6 is 0 Å². The molecule has 0 bridgehead atoms. The second kappa shape index (κ2) is 6.81. The van der Waals surface area contributed by atoms with E-state index in [0.717, 1.165) is 5.56 Å². The third-order valence-electron chi connectivity index (χ3n) is 3.85. The molecule has 0 unspecified atom stereocenters. The van der Waals surface area contributed by atoms with Crippen molar-refractivity contribution < 1.29 is 14.0 Å². The van der Waals surface area contributed by atoms with E-state index in [1.54, 1.807) is 26.0 Å². The lowest BCUT2D eigenvalue weighted by atomic mass is 10.1. The summed E-state index contributed by atoms with van der Waals surface area (Å²) < 4.78 is 5.72. The standard InChI is InChI=1S/C20H20N2O3/c1-12(2)19(23)22-17-15-9-4-5-10-16(15)25-18(17)20(24)21-14-8-6-7-13(3)11-14/h4-12H,1-3H3,(H,21,24)(H,22,23). The van der Waals surface area contributed by atoms with Gasteiger partial charge in [-0.2, -0.15) is 0 Å². The molecule has 1 aromatic heterocycles. The third kappa shape index (κ3) is 3.55. The molecule has 2 aromatic carbocycles. The van der Waals surface area contributed by atoms with Gasteiger partial charge >= 0.3 is 0 Å². The number of anilines is 2. The van der Waals surface area contributed by atoms with Crippen LogP contribution in [0.2, 0.25) is 0 Å². The quantitative estimate of drug-likeness (QED) is 0.732. The molecule has 3 rings (SSSR count). The molecule has 0 atom stereocenters. The molecule has 3 aromatic rings. The first-order valence-electron chi connectivity index (χ1n) is 8.16. The van der Waals surface area contributed by atoms with Gasteiger partial charge in [-0.1, -0.05) is 38.1 Å². The SMILES string of the molecule is Cc1cccc(NC(=O)c2oc3ccccc3c2NC(=O)C(C)C)c1. The molecule has 0 aliphatic heterocycles. The Morgan fingerprint density at radius 2 is 1.76 bits per heavy atom. The van der Waals surface area contributed by atoms with Gasteiger partial charge in [-0.05, 0) is 36.8 Å². The minimum atomic E-state index is -0.402. The lowest BCUT2D eigenvalue weighted by molar-refractivity contribution is -0.118. The van der Waals surface area contributed by atoms with Crippen LogP contribution < -0.4 is 10.6 Å². The van der Waals surface area contributed by atoms with E-state index >= 15 is 0 Å². The highest BCUT2D eigenvalue weighted by atomic mass is 16.3. The number of carbonyl (C=O) groups excluding carboxylic acids is 2. The summed E-state index contributed by atoms with van der Waals surface area (Å²) in [5, 5.41) is 6.34. The minimum absolute atomic E-state index is 0.0942. The summed E-state index contributed by atoms with van der Waals surface area (Å²) in [6.45, 7) is 5.54. The normalized spacial score (nSPS) is 10.9. The monoisotopic (exact) mass is 336 g/mol. The van der Waals surface area contributed by atoms with Gasteiger partial charge < -0.3 is 15.1 Å². The fourth-order valence-electron chi connectivity index (χ4n) is 2.51. The van der Waals surface area contributed by atoms with Crippen molar-refractivity contribution in [3.63, 3.8) is 0 Å². The summed E-state index contributed by atoms with van der Waals surface area (Å²) in [6, 6.07) is 14.7. The van der Waals surface area contributed by atoms with Crippen molar-refractivity contribution in [3.05, 3.63) is 59.9 Å². The molecule has 25 heavy (non-hydrogen) atoms. The van der Waals surface area contributed by atoms with E-state index in [2.05, 4.69) is 10.6 Å². The van der Waals surface area contributed by atoms with Crippen molar-refractivity contribution in [2.45, 2.75) is 20.8 Å². The van der Waals surface area contributed by atoms with Crippen molar-refractivity contribution in [3.8, 4) is 0 Å². The number of aryl methyl sites for hydroxylation is 1. The maximum Gasteiger partial charge on any atom is 0.293 e. The van der Waals surface area contributed by atoms with Crippen LogP contribution in [0, 0.1) is 12.8 Å². The van der Waals surface area contributed by atoms with Gasteiger partial charge in [0.05, 0.1) is 0 Å². The number of para-hydroxylation sites is 1. The van der Waals surface area contributed by atoms with Crippen LogP contribution in [0.25, 0.3) is 11.0 Å². The van der Waals surface area contributed by atoms with E-state index in [0.29, 0.717) is 22.3 Å². The zero-order chi connectivity index (χ0) is 18.0. The van der Waals surface area contributed by atoms with Crippen LogP contribution in [0.1, 0.15) is 30.0 Å². The fraction of sp³-hybridized carbons (Fsp3) is 0.200. The molecule has 2 amide bonds. The smallest absolute Gasteiger partial charge is 0.293 e. The third-order valence-corrected chi connectivity index (χ3v) is 3.85. The summed E-state index contributed by atoms with van der Waals surface area (Å²) in [5.74, 6) is -0.685. The Bertz CT molecular complexity index is 941. The number of fused-ring (bicyclic) bond motifs is 1. The van der Waals surface area contributed by atoms with Gasteiger partial charge in [-0.3, -0.25) is 9.59 Å². The van der Waals surface area contributed by atoms with Crippen LogP contribution in [0.5, 0.6) is 0 Å². The summed E-state index contributed by atoms with van der Waals surface area (Å²) in [7, 11) is 0. The van der Waals surface area contributed by atoms with Gasteiger partial charge in [0.25, 0.3) is 5.91 Å². The van der Waals surface area contributed by atoms with Crippen molar-refractivity contribution in [2.24, 2.45) is 5.92 Å². The zero-order valence-corrected chi connectivity index (χ0v) is 14.4. The summed E-state index contributed by atoms with van der Waals surface area (Å²) in [4.78, 5) is 24.9. The number of rotatable bonds is 4. The van der Waals surface area contributed by atoms with Crippen molar-refractivity contribution in [2.75, 3.05) is 10.6 Å². The number of hydrogen-bond donors (Lipinski definition) is 2. The fourth-order valence-corrected chi connectivity index (χ4v) is 2.51. The van der Waals surface area contributed by atoms with E-state index in [4.69, 9.17) is 4.42 Å². The van der Waals surface area contributed by atoms with Gasteiger partial charge in [-0.25, -0.2) is 0 Å². The first-order valence-corrected chi connectivity index (χ1v) is 8.16. The van der Waals surface area contributed by atoms with Crippen molar-refractivity contribution in [1.82, 2.24) is 0 Å². The Morgan fingerprint density at radius 3 is 2.48 bits per heavy atom. The molecule has 5 nitrogen and oxygen atoms in total. The van der Waals surface area contributed by atoms with Crippen LogP contribution in [0.3, 0.4) is 0 Å². The van der Waals surface area contributed by atoms with Gasteiger partial charge in [0, 0.05) is 17.0 Å². The molecule has 0 spiro atoms. The molecule has 0 aliphatic carbocycles. The van der Waals surface area contributed by atoms with Crippen LogP contribution in [-0.4, -0.2) is 11.8 Å². The molecule has 0 fully saturated rings. The summed E-state index contributed by atoms with van der Waals surface area (Å²) >= 11 is 0. The van der Waals surface area contributed by atoms with Gasteiger partial charge in [0.2, 0.25) is 11.7 Å². The number of benzene rings is 2. The molecule has 0 radical (unpaired) electrons. The number of amides is 2. The minimum Gasteiger partial charge on any atom is -0.449 e. The molecule has 128 valence electrons. The maximum absolute atomic E-state index is 12.7. The average molecular weight is 336 g/mol. The second-order valence-corrected chi connectivity index (χ2v) is 6.27. The molecule has 0 aliphatic rings. The largest absolute Gasteiger partial charge is 0.449 e. The van der Waals surface area contributed by atoms with Gasteiger partial charge in [0.15, 0.2) is 0 Å². The zero-order valence-electron chi connectivity index (χ0n) is 14.4. The Morgan fingerprint density at radius 1 is 1.00 bits per heavy atom. The Balaban J connectivity index is 1.99. The lowest BCUT2D eigenvalue weighted by Crippen LogP contribution is -2.20. The lowest BCUT2D eigenvalue weighted by Gasteiger charge is -2.09. The first kappa shape index (κ1) is 16.8. The predicted octanol–water partition coefficient (Wildman–Crippen LogP) is 4.59. The highest BCUT2D eigenvalue weighted by Crippen LogP contribution is 2.31. The van der Waals surface area contributed by atoms with E-state index in [9.17, 15) is 9.59 Å². The van der Waals surface area contributed by atoms with Crippen LogP contribution in [0.4, 0.5) is 11.4 Å². The first-order chi connectivity index (χ1) is 12.0. The highest BCUT2D eigenvalue weighted by molar-refractivity contribution is 6.14. The topological polar surface area (TPSA) is 71.3 Å². The van der Waals surface area contributed by atoms with E-state index in [1.807, 2.05) is 43.3 Å². The Hall–Kier alpha value is -3.08. The molecule has 5 heteroatoms. The Kier molecular flexibility index (Phi) is 4.57. The Labute approximate surface area is 146 Å².